The van der Waals surface area contributed by atoms with Crippen molar-refractivity contribution in [2.24, 2.45) is 0 Å². The van der Waals surface area contributed by atoms with Crippen molar-refractivity contribution in [1.29, 1.82) is 0 Å². The minimum absolute atomic E-state index is 0.0387. The van der Waals surface area contributed by atoms with Crippen LogP contribution in [0.4, 0.5) is 13.2 Å². The predicted molar refractivity (Wildman–Crippen MR) is 77.6 cm³/mol. The Kier molecular flexibility index (Phi) is 6.06. The second-order valence-corrected chi connectivity index (χ2v) is 5.60. The molecule has 1 aromatic carbocycles. The number of unbranched alkanes of at least 4 members (excludes halogenated alkanes) is 2. The third-order valence-corrected chi connectivity index (χ3v) is 4.06. The number of piperazine rings is 1. The first-order valence-corrected chi connectivity index (χ1v) is 7.72. The highest BCUT2D eigenvalue weighted by atomic mass is 19.2. The topological polar surface area (TPSA) is 15.3 Å². The third-order valence-electron chi connectivity index (χ3n) is 4.06. The lowest BCUT2D eigenvalue weighted by Gasteiger charge is -2.35. The van der Waals surface area contributed by atoms with Crippen LogP contribution in [0.15, 0.2) is 12.1 Å². The van der Waals surface area contributed by atoms with Crippen LogP contribution >= 0.6 is 0 Å². The van der Waals surface area contributed by atoms with Crippen molar-refractivity contribution >= 4 is 0 Å². The molecule has 0 amide bonds. The van der Waals surface area contributed by atoms with Gasteiger partial charge in [0.1, 0.15) is 0 Å². The van der Waals surface area contributed by atoms with Crippen molar-refractivity contribution in [1.82, 2.24) is 10.2 Å². The number of nitrogens with zero attached hydrogens (tertiary/aromatic N) is 1. The SMILES string of the molecule is CCCCC[C@@H](c1cc(F)c(F)c(F)c1)N1CCNCC1. The number of rotatable bonds is 6. The summed E-state index contributed by atoms with van der Waals surface area (Å²) in [7, 11) is 0. The molecule has 0 unspecified atom stereocenters. The maximum absolute atomic E-state index is 13.5. The highest BCUT2D eigenvalue weighted by Gasteiger charge is 2.24. The average molecular weight is 300 g/mol. The number of halogens is 3. The molecule has 0 saturated carbocycles. The third kappa shape index (κ3) is 4.20. The molecule has 0 spiro atoms. The average Bonchev–Trinajstić information content (AvgIpc) is 2.50. The minimum Gasteiger partial charge on any atom is -0.314 e. The summed E-state index contributed by atoms with van der Waals surface area (Å²) >= 11 is 0. The van der Waals surface area contributed by atoms with E-state index in [1.54, 1.807) is 0 Å². The highest BCUT2D eigenvalue weighted by Crippen LogP contribution is 2.29. The van der Waals surface area contributed by atoms with Gasteiger partial charge in [0.05, 0.1) is 0 Å². The summed E-state index contributed by atoms with van der Waals surface area (Å²) in [5.74, 6) is -3.58. The molecule has 0 aromatic heterocycles. The summed E-state index contributed by atoms with van der Waals surface area (Å²) < 4.78 is 40.2. The van der Waals surface area contributed by atoms with E-state index in [0.29, 0.717) is 5.56 Å². The summed E-state index contributed by atoms with van der Waals surface area (Å²) in [5.41, 5.74) is 0.546. The fourth-order valence-electron chi connectivity index (χ4n) is 2.91. The van der Waals surface area contributed by atoms with Crippen LogP contribution in [0.1, 0.15) is 44.2 Å². The van der Waals surface area contributed by atoms with Crippen LogP contribution in [0.2, 0.25) is 0 Å². The van der Waals surface area contributed by atoms with Crippen molar-refractivity contribution in [3.05, 3.63) is 35.1 Å². The Labute approximate surface area is 124 Å². The Hall–Kier alpha value is -1.07. The molecule has 2 rings (SSSR count). The zero-order chi connectivity index (χ0) is 15.2. The van der Waals surface area contributed by atoms with Crippen molar-refractivity contribution in [2.75, 3.05) is 26.2 Å². The highest BCUT2D eigenvalue weighted by molar-refractivity contribution is 5.23. The molecule has 2 nitrogen and oxygen atoms in total. The monoisotopic (exact) mass is 300 g/mol. The Morgan fingerprint density at radius 3 is 2.29 bits per heavy atom. The van der Waals surface area contributed by atoms with Crippen molar-refractivity contribution in [3.8, 4) is 0 Å². The van der Waals surface area contributed by atoms with E-state index >= 15 is 0 Å². The zero-order valence-corrected chi connectivity index (χ0v) is 12.5. The van der Waals surface area contributed by atoms with Gasteiger partial charge < -0.3 is 5.32 Å². The lowest BCUT2D eigenvalue weighted by atomic mass is 9.97. The molecule has 21 heavy (non-hydrogen) atoms. The van der Waals surface area contributed by atoms with Gasteiger partial charge in [-0.2, -0.15) is 0 Å². The normalized spacial score (nSPS) is 17.9. The fourth-order valence-corrected chi connectivity index (χ4v) is 2.91. The van der Waals surface area contributed by atoms with E-state index in [-0.39, 0.29) is 6.04 Å². The summed E-state index contributed by atoms with van der Waals surface area (Å²) in [6.07, 6.45) is 4.04. The Morgan fingerprint density at radius 1 is 1.10 bits per heavy atom. The predicted octanol–water partition coefficient (Wildman–Crippen LogP) is 3.63. The van der Waals surface area contributed by atoms with Gasteiger partial charge in [-0.1, -0.05) is 26.2 Å². The largest absolute Gasteiger partial charge is 0.314 e. The van der Waals surface area contributed by atoms with Gasteiger partial charge in [0, 0.05) is 32.2 Å². The van der Waals surface area contributed by atoms with E-state index < -0.39 is 17.5 Å². The number of nitrogens with one attached hydrogen (secondary N) is 1. The van der Waals surface area contributed by atoms with Crippen LogP contribution in [0.25, 0.3) is 0 Å². The van der Waals surface area contributed by atoms with Crippen LogP contribution in [-0.2, 0) is 0 Å². The van der Waals surface area contributed by atoms with E-state index in [1.807, 2.05) is 0 Å². The first kappa shape index (κ1) is 16.3. The molecule has 1 heterocycles. The molecule has 118 valence electrons. The van der Waals surface area contributed by atoms with E-state index in [9.17, 15) is 13.2 Å². The number of hydrogen-bond donors (Lipinski definition) is 1. The summed E-state index contributed by atoms with van der Waals surface area (Å²) in [6, 6.07) is 2.26. The summed E-state index contributed by atoms with van der Waals surface area (Å²) in [6.45, 7) is 5.55. The molecule has 5 heteroatoms. The quantitative estimate of drug-likeness (QED) is 0.637. The van der Waals surface area contributed by atoms with Crippen molar-refractivity contribution in [3.63, 3.8) is 0 Å². The Balaban J connectivity index is 2.20. The first-order valence-electron chi connectivity index (χ1n) is 7.72. The van der Waals surface area contributed by atoms with Crippen LogP contribution in [0.5, 0.6) is 0 Å². The number of benzene rings is 1. The van der Waals surface area contributed by atoms with Gasteiger partial charge in [0.15, 0.2) is 17.5 Å². The molecule has 1 saturated heterocycles. The van der Waals surface area contributed by atoms with Gasteiger partial charge in [0.2, 0.25) is 0 Å². The maximum Gasteiger partial charge on any atom is 0.194 e. The molecular weight excluding hydrogens is 277 g/mol. The summed E-state index contributed by atoms with van der Waals surface area (Å²) in [4.78, 5) is 2.23. The van der Waals surface area contributed by atoms with Gasteiger partial charge in [-0.15, -0.1) is 0 Å². The smallest absolute Gasteiger partial charge is 0.194 e. The Morgan fingerprint density at radius 2 is 1.71 bits per heavy atom. The van der Waals surface area contributed by atoms with Crippen LogP contribution < -0.4 is 5.32 Å². The fraction of sp³-hybridized carbons (Fsp3) is 0.625. The first-order chi connectivity index (χ1) is 10.1. The van der Waals surface area contributed by atoms with E-state index in [4.69, 9.17) is 0 Å². The molecule has 1 N–H and O–H groups in total. The standard InChI is InChI=1S/C16H23F3N2/c1-2-3-4-5-15(21-8-6-20-7-9-21)12-10-13(17)16(19)14(18)11-12/h10-11,15,20H,2-9H2,1H3/t15-/m0/s1. The molecule has 1 fully saturated rings. The molecular formula is C16H23F3N2. The number of hydrogen-bond acceptors (Lipinski definition) is 2. The van der Waals surface area contributed by atoms with E-state index in [0.717, 1.165) is 64.0 Å². The van der Waals surface area contributed by atoms with Crippen molar-refractivity contribution in [2.45, 2.75) is 38.6 Å². The maximum atomic E-state index is 13.5. The van der Waals surface area contributed by atoms with Crippen LogP contribution in [0, 0.1) is 17.5 Å². The molecule has 0 bridgehead atoms. The molecule has 1 aromatic rings. The molecule has 1 atom stereocenters. The summed E-state index contributed by atoms with van der Waals surface area (Å²) in [5, 5.41) is 3.27. The Bertz CT molecular complexity index is 436. The van der Waals surface area contributed by atoms with Gasteiger partial charge in [-0.3, -0.25) is 4.90 Å². The molecule has 1 aliphatic rings. The molecule has 1 aliphatic heterocycles. The lowest BCUT2D eigenvalue weighted by molar-refractivity contribution is 0.162. The van der Waals surface area contributed by atoms with Gasteiger partial charge in [-0.05, 0) is 24.1 Å². The van der Waals surface area contributed by atoms with E-state index in [1.165, 1.54) is 0 Å². The van der Waals surface area contributed by atoms with Crippen LogP contribution in [0.3, 0.4) is 0 Å². The van der Waals surface area contributed by atoms with Gasteiger partial charge in [0.25, 0.3) is 0 Å². The van der Waals surface area contributed by atoms with Gasteiger partial charge >= 0.3 is 0 Å². The second kappa shape index (κ2) is 7.80. The molecule has 0 radical (unpaired) electrons. The van der Waals surface area contributed by atoms with Gasteiger partial charge in [-0.25, -0.2) is 13.2 Å². The van der Waals surface area contributed by atoms with E-state index in [2.05, 4.69) is 17.1 Å². The van der Waals surface area contributed by atoms with Crippen molar-refractivity contribution < 1.29 is 13.2 Å². The second-order valence-electron chi connectivity index (χ2n) is 5.60. The molecule has 0 aliphatic carbocycles. The zero-order valence-electron chi connectivity index (χ0n) is 12.5. The minimum atomic E-state index is -1.38. The lowest BCUT2D eigenvalue weighted by Crippen LogP contribution is -2.45. The van der Waals surface area contributed by atoms with Crippen LogP contribution in [-0.4, -0.2) is 31.1 Å².